The van der Waals surface area contributed by atoms with Crippen molar-refractivity contribution in [1.82, 2.24) is 9.29 Å². The summed E-state index contributed by atoms with van der Waals surface area (Å²) in [7, 11) is -3.62. The fourth-order valence-corrected chi connectivity index (χ4v) is 5.69. The number of aromatic amines is 1. The Bertz CT molecular complexity index is 985. The molecule has 1 aliphatic rings. The van der Waals surface area contributed by atoms with Crippen LogP contribution in [0.2, 0.25) is 0 Å². The Morgan fingerprint density at radius 3 is 2.25 bits per heavy atom. The molecule has 2 heterocycles. The maximum atomic E-state index is 13.2. The molecule has 0 unspecified atom stereocenters. The Hall–Kier alpha value is -2.12. The molecule has 1 aromatic carbocycles. The van der Waals surface area contributed by atoms with Gasteiger partial charge in [0.2, 0.25) is 10.0 Å². The van der Waals surface area contributed by atoms with Gasteiger partial charge >= 0.3 is 0 Å². The molecule has 0 bridgehead atoms. The fourth-order valence-electron chi connectivity index (χ4n) is 3.77. The number of anilines is 1. The van der Waals surface area contributed by atoms with E-state index < -0.39 is 10.0 Å². The molecule has 1 amide bonds. The van der Waals surface area contributed by atoms with E-state index in [2.05, 4.69) is 10.3 Å². The molecule has 0 saturated carbocycles. The highest BCUT2D eigenvalue weighted by Gasteiger charge is 2.32. The number of aromatic nitrogens is 1. The normalized spacial score (nSPS) is 16.0. The van der Waals surface area contributed by atoms with E-state index in [4.69, 9.17) is 0 Å². The van der Waals surface area contributed by atoms with Crippen LogP contribution in [0.1, 0.15) is 58.6 Å². The van der Waals surface area contributed by atoms with Crippen molar-refractivity contribution in [3.8, 4) is 0 Å². The Morgan fingerprint density at radius 2 is 1.64 bits per heavy atom. The molecule has 28 heavy (non-hydrogen) atoms. The van der Waals surface area contributed by atoms with E-state index >= 15 is 0 Å². The van der Waals surface area contributed by atoms with Crippen LogP contribution in [-0.2, 0) is 10.0 Å². The quantitative estimate of drug-likeness (QED) is 0.807. The van der Waals surface area contributed by atoms with Gasteiger partial charge in [-0.3, -0.25) is 4.79 Å². The number of carbonyl (C=O) groups excluding carboxylic acids is 1. The molecule has 0 spiro atoms. The van der Waals surface area contributed by atoms with Crippen molar-refractivity contribution in [1.29, 1.82) is 0 Å². The van der Waals surface area contributed by atoms with Crippen LogP contribution in [0.25, 0.3) is 0 Å². The lowest BCUT2D eigenvalue weighted by atomic mass is 10.1. The van der Waals surface area contributed by atoms with Gasteiger partial charge in [0.05, 0.1) is 0 Å². The van der Waals surface area contributed by atoms with Gasteiger partial charge < -0.3 is 10.3 Å². The van der Waals surface area contributed by atoms with Crippen LogP contribution in [-0.4, -0.2) is 36.7 Å². The van der Waals surface area contributed by atoms with Crippen LogP contribution < -0.4 is 5.32 Å². The number of benzene rings is 1. The number of nitrogens with zero attached hydrogens (tertiary/aromatic N) is 1. The van der Waals surface area contributed by atoms with Gasteiger partial charge in [-0.1, -0.05) is 18.9 Å². The molecule has 0 atom stereocenters. The molecule has 7 heteroatoms. The zero-order chi connectivity index (χ0) is 20.5. The highest BCUT2D eigenvalue weighted by Crippen LogP contribution is 2.28. The summed E-state index contributed by atoms with van der Waals surface area (Å²) in [6.45, 7) is 8.49. The van der Waals surface area contributed by atoms with E-state index in [0.717, 1.165) is 36.8 Å². The van der Waals surface area contributed by atoms with Gasteiger partial charge in [-0.2, -0.15) is 4.31 Å². The minimum atomic E-state index is -3.62. The van der Waals surface area contributed by atoms with Crippen molar-refractivity contribution < 1.29 is 13.2 Å². The summed E-state index contributed by atoms with van der Waals surface area (Å²) < 4.78 is 28.0. The lowest BCUT2D eigenvalue weighted by Crippen LogP contribution is -2.32. The van der Waals surface area contributed by atoms with Gasteiger partial charge in [-0.05, 0) is 69.4 Å². The molecule has 3 rings (SSSR count). The molecule has 1 fully saturated rings. The Labute approximate surface area is 167 Å². The SMILES string of the molecule is Cc1ccc(NC(=O)c2[nH]c(C)c(S(=O)(=O)N3CCCCCC3)c2C)cc1C. The van der Waals surface area contributed by atoms with Crippen molar-refractivity contribution in [2.75, 3.05) is 18.4 Å². The summed E-state index contributed by atoms with van der Waals surface area (Å²) >= 11 is 0. The summed E-state index contributed by atoms with van der Waals surface area (Å²) in [5.74, 6) is -0.332. The molecule has 0 aliphatic carbocycles. The summed E-state index contributed by atoms with van der Waals surface area (Å²) in [6.07, 6.45) is 3.87. The molecule has 1 saturated heterocycles. The molecule has 2 N–H and O–H groups in total. The lowest BCUT2D eigenvalue weighted by Gasteiger charge is -2.20. The average molecular weight is 404 g/mol. The second-order valence-electron chi connectivity index (χ2n) is 7.65. The predicted molar refractivity (Wildman–Crippen MR) is 111 cm³/mol. The van der Waals surface area contributed by atoms with Crippen LogP contribution >= 0.6 is 0 Å². The van der Waals surface area contributed by atoms with Gasteiger partial charge in [0.25, 0.3) is 5.91 Å². The largest absolute Gasteiger partial charge is 0.353 e. The number of hydrogen-bond donors (Lipinski definition) is 2. The summed E-state index contributed by atoms with van der Waals surface area (Å²) in [5.41, 5.74) is 4.20. The first-order valence-electron chi connectivity index (χ1n) is 9.79. The molecule has 1 aromatic heterocycles. The zero-order valence-corrected chi connectivity index (χ0v) is 17.9. The van der Waals surface area contributed by atoms with Crippen molar-refractivity contribution in [3.05, 3.63) is 46.3 Å². The number of H-pyrrole nitrogens is 1. The van der Waals surface area contributed by atoms with E-state index in [0.29, 0.717) is 35.7 Å². The molecule has 6 nitrogen and oxygen atoms in total. The van der Waals surface area contributed by atoms with E-state index in [-0.39, 0.29) is 10.8 Å². The third kappa shape index (κ3) is 4.00. The van der Waals surface area contributed by atoms with Crippen LogP contribution in [0.5, 0.6) is 0 Å². The number of amides is 1. The smallest absolute Gasteiger partial charge is 0.272 e. The van der Waals surface area contributed by atoms with Crippen LogP contribution in [0.4, 0.5) is 5.69 Å². The molecule has 2 aromatic rings. The lowest BCUT2D eigenvalue weighted by molar-refractivity contribution is 0.102. The first-order chi connectivity index (χ1) is 13.2. The van der Waals surface area contributed by atoms with Crippen molar-refractivity contribution >= 4 is 21.6 Å². The average Bonchev–Trinajstić information content (AvgIpc) is 2.80. The number of sulfonamides is 1. The fraction of sp³-hybridized carbons (Fsp3) is 0.476. The van der Waals surface area contributed by atoms with Gasteiger partial charge in [0.15, 0.2) is 0 Å². The summed E-state index contributed by atoms with van der Waals surface area (Å²) in [5, 5.41) is 2.87. The maximum absolute atomic E-state index is 13.2. The number of nitrogens with one attached hydrogen (secondary N) is 2. The van der Waals surface area contributed by atoms with E-state index in [1.807, 2.05) is 32.0 Å². The zero-order valence-electron chi connectivity index (χ0n) is 17.1. The van der Waals surface area contributed by atoms with Crippen molar-refractivity contribution in [2.24, 2.45) is 0 Å². The highest BCUT2D eigenvalue weighted by atomic mass is 32.2. The third-order valence-electron chi connectivity index (χ3n) is 5.52. The summed E-state index contributed by atoms with van der Waals surface area (Å²) in [6, 6.07) is 5.71. The Morgan fingerprint density at radius 1 is 1.00 bits per heavy atom. The molecule has 1 aliphatic heterocycles. The molecule has 0 radical (unpaired) electrons. The minimum Gasteiger partial charge on any atom is -0.353 e. The second-order valence-corrected chi connectivity index (χ2v) is 9.53. The van der Waals surface area contributed by atoms with Crippen molar-refractivity contribution in [3.63, 3.8) is 0 Å². The van der Waals surface area contributed by atoms with Gasteiger partial charge in [-0.25, -0.2) is 8.42 Å². The van der Waals surface area contributed by atoms with E-state index in [1.165, 1.54) is 0 Å². The molecular weight excluding hydrogens is 374 g/mol. The van der Waals surface area contributed by atoms with Gasteiger partial charge in [-0.15, -0.1) is 0 Å². The minimum absolute atomic E-state index is 0.236. The topological polar surface area (TPSA) is 82.3 Å². The maximum Gasteiger partial charge on any atom is 0.272 e. The number of aryl methyl sites for hydroxylation is 3. The second kappa shape index (κ2) is 8.09. The van der Waals surface area contributed by atoms with Crippen LogP contribution in [0.15, 0.2) is 23.1 Å². The Kier molecular flexibility index (Phi) is 5.95. The first-order valence-corrected chi connectivity index (χ1v) is 11.2. The first kappa shape index (κ1) is 20.6. The highest BCUT2D eigenvalue weighted by molar-refractivity contribution is 7.89. The molecular formula is C21H29N3O3S. The summed E-state index contributed by atoms with van der Waals surface area (Å²) in [4.78, 5) is 16.0. The number of hydrogen-bond acceptors (Lipinski definition) is 3. The third-order valence-corrected chi connectivity index (χ3v) is 7.70. The van der Waals surface area contributed by atoms with Gasteiger partial charge in [0, 0.05) is 24.5 Å². The Balaban J connectivity index is 1.90. The van der Waals surface area contributed by atoms with Crippen molar-refractivity contribution in [2.45, 2.75) is 58.3 Å². The number of rotatable bonds is 4. The van der Waals surface area contributed by atoms with E-state index in [9.17, 15) is 13.2 Å². The number of carbonyl (C=O) groups is 1. The standard InChI is InChI=1S/C21H29N3O3S/c1-14-9-10-18(13-15(14)2)23-21(25)19-16(3)20(17(4)22-19)28(26,27)24-11-7-5-6-8-12-24/h9-10,13,22H,5-8,11-12H2,1-4H3,(H,23,25). The molecule has 152 valence electrons. The predicted octanol–water partition coefficient (Wildman–Crippen LogP) is 4.07. The van der Waals surface area contributed by atoms with Gasteiger partial charge in [0.1, 0.15) is 10.6 Å². The van der Waals surface area contributed by atoms with Crippen LogP contribution in [0.3, 0.4) is 0 Å². The monoisotopic (exact) mass is 403 g/mol. The van der Waals surface area contributed by atoms with E-state index in [1.54, 1.807) is 18.2 Å². The van der Waals surface area contributed by atoms with Crippen LogP contribution in [0, 0.1) is 27.7 Å².